The number of rotatable bonds is 9. The third kappa shape index (κ3) is 11.4. The molecule has 0 aliphatic carbocycles. The van der Waals surface area contributed by atoms with E-state index in [4.69, 9.17) is 5.11 Å². The molecular formula is C12H24O2Si. The molecule has 15 heavy (non-hydrogen) atoms. The molecule has 0 fully saturated rings. The molecule has 0 saturated carbocycles. The van der Waals surface area contributed by atoms with Gasteiger partial charge in [-0.25, -0.2) is 0 Å². The van der Waals surface area contributed by atoms with E-state index in [2.05, 4.69) is 19.9 Å². The minimum absolute atomic E-state index is 0.135. The van der Waals surface area contributed by atoms with E-state index >= 15 is 0 Å². The zero-order chi connectivity index (χ0) is 11.5. The fourth-order valence-electron chi connectivity index (χ4n) is 1.40. The summed E-state index contributed by atoms with van der Waals surface area (Å²) in [6.07, 6.45) is 7.56. The Balaban J connectivity index is 3.20. The van der Waals surface area contributed by atoms with Crippen LogP contribution in [0.2, 0.25) is 12.1 Å². The molecule has 0 bridgehead atoms. The maximum absolute atomic E-state index is 10.2. The second-order valence-electron chi connectivity index (χ2n) is 4.20. The van der Waals surface area contributed by atoms with Crippen molar-refractivity contribution >= 4 is 15.5 Å². The maximum Gasteiger partial charge on any atom is 0.303 e. The first-order chi connectivity index (χ1) is 7.16. The molecule has 1 N–H and O–H groups in total. The highest BCUT2D eigenvalue weighted by Gasteiger charge is 1.97. The van der Waals surface area contributed by atoms with Crippen LogP contribution in [0.3, 0.4) is 0 Å². The van der Waals surface area contributed by atoms with Crippen LogP contribution in [-0.2, 0) is 4.79 Å². The van der Waals surface area contributed by atoms with Gasteiger partial charge in [-0.2, -0.15) is 0 Å². The van der Waals surface area contributed by atoms with Gasteiger partial charge in [0, 0.05) is 15.9 Å². The molecule has 0 saturated heterocycles. The predicted octanol–water partition coefficient (Wildman–Crippen LogP) is 2.85. The second-order valence-corrected chi connectivity index (χ2v) is 6.19. The SMILES string of the molecule is CCC(C)C[SiH2]CCC=CCCC(=O)O. The van der Waals surface area contributed by atoms with Crippen molar-refractivity contribution in [1.29, 1.82) is 0 Å². The van der Waals surface area contributed by atoms with E-state index in [1.165, 1.54) is 18.5 Å². The normalized spacial score (nSPS) is 14.0. The summed E-state index contributed by atoms with van der Waals surface area (Å²) >= 11 is 0. The summed E-state index contributed by atoms with van der Waals surface area (Å²) in [5.74, 6) is 0.207. The van der Waals surface area contributed by atoms with Gasteiger partial charge in [0.15, 0.2) is 0 Å². The average molecular weight is 228 g/mol. The van der Waals surface area contributed by atoms with Crippen LogP contribution in [0.25, 0.3) is 0 Å². The molecule has 0 radical (unpaired) electrons. The lowest BCUT2D eigenvalue weighted by molar-refractivity contribution is -0.136. The van der Waals surface area contributed by atoms with Gasteiger partial charge in [0.1, 0.15) is 0 Å². The Labute approximate surface area is 95.6 Å². The van der Waals surface area contributed by atoms with E-state index in [0.29, 0.717) is 6.42 Å². The van der Waals surface area contributed by atoms with Crippen LogP contribution in [0.4, 0.5) is 0 Å². The van der Waals surface area contributed by atoms with Crippen LogP contribution in [0, 0.1) is 5.92 Å². The topological polar surface area (TPSA) is 37.3 Å². The number of allylic oxidation sites excluding steroid dienone is 2. The summed E-state index contributed by atoms with van der Waals surface area (Å²) in [4.78, 5) is 10.2. The summed E-state index contributed by atoms with van der Waals surface area (Å²) in [5.41, 5.74) is 0. The Morgan fingerprint density at radius 3 is 2.67 bits per heavy atom. The van der Waals surface area contributed by atoms with Crippen molar-refractivity contribution in [2.24, 2.45) is 5.92 Å². The Morgan fingerprint density at radius 2 is 2.07 bits per heavy atom. The molecule has 0 aliphatic heterocycles. The molecule has 0 amide bonds. The van der Waals surface area contributed by atoms with E-state index in [0.717, 1.165) is 12.3 Å². The highest BCUT2D eigenvalue weighted by atomic mass is 28.2. The van der Waals surface area contributed by atoms with E-state index in [-0.39, 0.29) is 15.9 Å². The highest BCUT2D eigenvalue weighted by molar-refractivity contribution is 6.35. The first kappa shape index (κ1) is 14.4. The zero-order valence-electron chi connectivity index (χ0n) is 10.0. The molecule has 0 aromatic heterocycles. The Kier molecular flexibility index (Phi) is 9.58. The summed E-state index contributed by atoms with van der Waals surface area (Å²) in [5, 5.41) is 8.42. The van der Waals surface area contributed by atoms with Crippen molar-refractivity contribution in [3.8, 4) is 0 Å². The maximum atomic E-state index is 10.2. The first-order valence-electron chi connectivity index (χ1n) is 6.03. The van der Waals surface area contributed by atoms with E-state index in [1.54, 1.807) is 0 Å². The summed E-state index contributed by atoms with van der Waals surface area (Å²) in [7, 11) is 0.135. The van der Waals surface area contributed by atoms with Gasteiger partial charge in [-0.15, -0.1) is 0 Å². The second kappa shape index (κ2) is 9.96. The van der Waals surface area contributed by atoms with Crippen LogP contribution >= 0.6 is 0 Å². The van der Waals surface area contributed by atoms with Gasteiger partial charge >= 0.3 is 5.97 Å². The largest absolute Gasteiger partial charge is 0.481 e. The standard InChI is InChI=1S/C12H24O2Si/c1-3-11(2)10-15-9-7-5-4-6-8-12(13)14/h4-5,11H,3,6-10,15H2,1-2H3,(H,13,14). The molecule has 0 aromatic carbocycles. The van der Waals surface area contributed by atoms with Crippen molar-refractivity contribution in [3.05, 3.63) is 12.2 Å². The number of carboxylic acids is 1. The number of hydrogen-bond donors (Lipinski definition) is 1. The van der Waals surface area contributed by atoms with Crippen molar-refractivity contribution in [2.45, 2.75) is 51.6 Å². The third-order valence-corrected chi connectivity index (χ3v) is 5.01. The van der Waals surface area contributed by atoms with Gasteiger partial charge in [0.2, 0.25) is 0 Å². The number of carbonyl (C=O) groups is 1. The lowest BCUT2D eigenvalue weighted by atomic mass is 10.2. The van der Waals surface area contributed by atoms with E-state index < -0.39 is 5.97 Å². The monoisotopic (exact) mass is 228 g/mol. The number of aliphatic carboxylic acids is 1. The minimum Gasteiger partial charge on any atom is -0.481 e. The molecule has 1 atom stereocenters. The predicted molar refractivity (Wildman–Crippen MR) is 68.2 cm³/mol. The quantitative estimate of drug-likeness (QED) is 0.374. The summed E-state index contributed by atoms with van der Waals surface area (Å²) in [6.45, 7) is 4.58. The molecule has 0 aromatic rings. The third-order valence-electron chi connectivity index (χ3n) is 2.71. The molecule has 3 heteroatoms. The fourth-order valence-corrected chi connectivity index (χ4v) is 3.32. The minimum atomic E-state index is -0.703. The van der Waals surface area contributed by atoms with Gasteiger partial charge < -0.3 is 5.11 Å². The Bertz CT molecular complexity index is 190. The Morgan fingerprint density at radius 1 is 1.40 bits per heavy atom. The molecule has 88 valence electrons. The summed E-state index contributed by atoms with van der Waals surface area (Å²) in [6, 6.07) is 2.83. The van der Waals surface area contributed by atoms with Crippen LogP contribution in [-0.4, -0.2) is 20.6 Å². The zero-order valence-corrected chi connectivity index (χ0v) is 11.5. The van der Waals surface area contributed by atoms with Crippen LogP contribution in [0.1, 0.15) is 39.5 Å². The van der Waals surface area contributed by atoms with Gasteiger partial charge in [-0.05, 0) is 18.8 Å². The molecule has 0 aliphatic rings. The summed E-state index contributed by atoms with van der Waals surface area (Å²) < 4.78 is 0. The van der Waals surface area contributed by atoms with Gasteiger partial charge in [-0.1, -0.05) is 44.5 Å². The van der Waals surface area contributed by atoms with Crippen molar-refractivity contribution in [1.82, 2.24) is 0 Å². The van der Waals surface area contributed by atoms with E-state index in [9.17, 15) is 4.79 Å². The molecular weight excluding hydrogens is 204 g/mol. The van der Waals surface area contributed by atoms with Crippen molar-refractivity contribution in [2.75, 3.05) is 0 Å². The average Bonchev–Trinajstić information content (AvgIpc) is 2.21. The first-order valence-corrected chi connectivity index (χ1v) is 8.03. The highest BCUT2D eigenvalue weighted by Crippen LogP contribution is 2.08. The Hall–Kier alpha value is -0.573. The molecule has 0 heterocycles. The van der Waals surface area contributed by atoms with Gasteiger partial charge in [0.25, 0.3) is 0 Å². The lowest BCUT2D eigenvalue weighted by Crippen LogP contribution is -1.97. The smallest absolute Gasteiger partial charge is 0.303 e. The number of carboxylic acid groups (broad SMARTS) is 1. The molecule has 1 unspecified atom stereocenters. The van der Waals surface area contributed by atoms with Crippen LogP contribution in [0.15, 0.2) is 12.2 Å². The molecule has 2 nitrogen and oxygen atoms in total. The van der Waals surface area contributed by atoms with Crippen LogP contribution in [0.5, 0.6) is 0 Å². The van der Waals surface area contributed by atoms with Crippen molar-refractivity contribution in [3.63, 3.8) is 0 Å². The molecule has 0 rings (SSSR count). The fraction of sp³-hybridized carbons (Fsp3) is 0.750. The van der Waals surface area contributed by atoms with Crippen molar-refractivity contribution < 1.29 is 9.90 Å². The van der Waals surface area contributed by atoms with Gasteiger partial charge in [0.05, 0.1) is 0 Å². The molecule has 0 spiro atoms. The van der Waals surface area contributed by atoms with E-state index in [1.807, 2.05) is 6.08 Å². The number of hydrogen-bond acceptors (Lipinski definition) is 1. The lowest BCUT2D eigenvalue weighted by Gasteiger charge is -2.05. The van der Waals surface area contributed by atoms with Gasteiger partial charge in [-0.3, -0.25) is 4.79 Å². The van der Waals surface area contributed by atoms with Crippen LogP contribution < -0.4 is 0 Å².